The molecule has 4 atom stereocenters. The molecule has 21 heavy (non-hydrogen) atoms. The average molecular weight is 461 g/mol. The van der Waals surface area contributed by atoms with Crippen molar-refractivity contribution in [2.24, 2.45) is 11.3 Å². The summed E-state index contributed by atoms with van der Waals surface area (Å²) in [4.78, 5) is 10.6. The van der Waals surface area contributed by atoms with E-state index < -0.39 is 9.94 Å². The van der Waals surface area contributed by atoms with Crippen LogP contribution in [0.25, 0.3) is 0 Å². The van der Waals surface area contributed by atoms with E-state index in [0.717, 1.165) is 5.56 Å². The Morgan fingerprint density at radius 2 is 1.95 bits per heavy atom. The van der Waals surface area contributed by atoms with Gasteiger partial charge in [-0.1, -0.05) is 69.4 Å². The summed E-state index contributed by atoms with van der Waals surface area (Å²) in [5, 5.41) is 9.44. The molecule has 3 nitrogen and oxygen atoms in total. The number of alkyl halides is 3. The molecule has 1 saturated carbocycles. The zero-order chi connectivity index (χ0) is 16.0. The normalized spacial score (nSPS) is 27.5. The molecule has 2 rings (SSSR count). The number of carbonyl (C=O) groups is 1. The minimum absolute atomic E-state index is 0.0406. The third kappa shape index (κ3) is 3.36. The van der Waals surface area contributed by atoms with E-state index in [-0.39, 0.29) is 22.3 Å². The molecule has 0 aliphatic heterocycles. The number of rotatable bonds is 4. The lowest BCUT2D eigenvalue weighted by molar-refractivity contribution is 0.0721. The second-order valence-corrected chi connectivity index (χ2v) is 9.41. The Hall–Kier alpha value is 0.0300. The number of hydrogen-bond donors (Lipinski definition) is 1. The maximum atomic E-state index is 10.8. The molecule has 1 aliphatic carbocycles. The van der Waals surface area contributed by atoms with E-state index in [1.54, 1.807) is 12.1 Å². The third-order valence-electron chi connectivity index (χ3n) is 3.93. The third-order valence-corrected chi connectivity index (χ3v) is 7.72. The zero-order valence-corrected chi connectivity index (χ0v) is 16.0. The molecule has 0 radical (unpaired) electrons. The summed E-state index contributed by atoms with van der Waals surface area (Å²) in [6, 6.07) is 7.19. The van der Waals surface area contributed by atoms with Gasteiger partial charge >= 0.3 is 6.16 Å². The van der Waals surface area contributed by atoms with Gasteiger partial charge in [0.05, 0.1) is 4.83 Å². The molecule has 0 spiro atoms. The SMILES string of the molecule is CC1(C)[C@H]([C@H](Br)[C@](Cl)(Br)c2ccc(Cl)cc2)[C@H]1OC(=O)O. The quantitative estimate of drug-likeness (QED) is 0.469. The van der Waals surface area contributed by atoms with Crippen LogP contribution in [-0.2, 0) is 8.52 Å². The topological polar surface area (TPSA) is 46.5 Å². The highest BCUT2D eigenvalue weighted by Gasteiger charge is 2.66. The molecule has 1 fully saturated rings. The van der Waals surface area contributed by atoms with Crippen molar-refractivity contribution < 1.29 is 14.6 Å². The fourth-order valence-corrected chi connectivity index (χ4v) is 4.71. The van der Waals surface area contributed by atoms with Crippen LogP contribution in [0.3, 0.4) is 0 Å². The lowest BCUT2D eigenvalue weighted by atomic mass is 10.0. The molecule has 1 aromatic carbocycles. The van der Waals surface area contributed by atoms with E-state index in [2.05, 4.69) is 31.9 Å². The molecular weight excluding hydrogens is 447 g/mol. The van der Waals surface area contributed by atoms with Crippen molar-refractivity contribution in [1.82, 2.24) is 0 Å². The Morgan fingerprint density at radius 3 is 2.43 bits per heavy atom. The molecule has 0 bridgehead atoms. The van der Waals surface area contributed by atoms with Crippen molar-refractivity contribution >= 4 is 61.2 Å². The predicted octanol–water partition coefficient (Wildman–Crippen LogP) is 5.61. The molecule has 7 heteroatoms. The highest BCUT2D eigenvalue weighted by atomic mass is 79.9. The maximum Gasteiger partial charge on any atom is 0.506 e. The van der Waals surface area contributed by atoms with Crippen molar-refractivity contribution in [1.29, 1.82) is 0 Å². The first-order chi connectivity index (χ1) is 9.58. The van der Waals surface area contributed by atoms with Crippen LogP contribution < -0.4 is 0 Å². The largest absolute Gasteiger partial charge is 0.506 e. The lowest BCUT2D eigenvalue weighted by Gasteiger charge is -2.27. The highest BCUT2D eigenvalue weighted by Crippen LogP contribution is 2.63. The molecule has 0 unspecified atom stereocenters. The summed E-state index contributed by atoms with van der Waals surface area (Å²) in [5.41, 5.74) is 0.569. The Morgan fingerprint density at radius 1 is 1.43 bits per heavy atom. The predicted molar refractivity (Wildman–Crippen MR) is 90.8 cm³/mol. The maximum absolute atomic E-state index is 10.8. The van der Waals surface area contributed by atoms with Gasteiger partial charge in [-0.25, -0.2) is 4.79 Å². The number of benzene rings is 1. The summed E-state index contributed by atoms with van der Waals surface area (Å²) in [7, 11) is 0. The minimum atomic E-state index is -1.27. The van der Waals surface area contributed by atoms with Crippen molar-refractivity contribution in [3.05, 3.63) is 34.9 Å². The van der Waals surface area contributed by atoms with Gasteiger partial charge in [-0.2, -0.15) is 0 Å². The molecule has 0 amide bonds. The summed E-state index contributed by atoms with van der Waals surface area (Å²) >= 11 is 19.7. The first-order valence-corrected chi connectivity index (χ1v) is 8.72. The Bertz CT molecular complexity index is 546. The van der Waals surface area contributed by atoms with Crippen molar-refractivity contribution in [3.8, 4) is 0 Å². The molecule has 0 aromatic heterocycles. The smallest absolute Gasteiger partial charge is 0.450 e. The summed E-state index contributed by atoms with van der Waals surface area (Å²) in [6.07, 6.45) is -1.65. The van der Waals surface area contributed by atoms with E-state index in [1.807, 2.05) is 26.0 Å². The van der Waals surface area contributed by atoms with Crippen molar-refractivity contribution in [2.75, 3.05) is 0 Å². The molecule has 1 aliphatic rings. The van der Waals surface area contributed by atoms with E-state index in [1.165, 1.54) is 0 Å². The first kappa shape index (κ1) is 17.4. The van der Waals surface area contributed by atoms with E-state index in [4.69, 9.17) is 33.0 Å². The van der Waals surface area contributed by atoms with Crippen LogP contribution >= 0.6 is 55.1 Å². The number of ether oxygens (including phenoxy) is 1. The average Bonchev–Trinajstić information content (AvgIpc) is 2.89. The van der Waals surface area contributed by atoms with Crippen LogP contribution in [0.5, 0.6) is 0 Å². The highest BCUT2D eigenvalue weighted by molar-refractivity contribution is 9.12. The van der Waals surface area contributed by atoms with Crippen LogP contribution in [0.15, 0.2) is 24.3 Å². The van der Waals surface area contributed by atoms with Gasteiger partial charge in [0.1, 0.15) is 9.89 Å². The Labute approximate surface area is 150 Å². The first-order valence-electron chi connectivity index (χ1n) is 6.26. The molecule has 116 valence electrons. The van der Waals surface area contributed by atoms with Gasteiger partial charge in [0.2, 0.25) is 0 Å². The van der Waals surface area contributed by atoms with Crippen LogP contribution in [0, 0.1) is 11.3 Å². The van der Waals surface area contributed by atoms with Gasteiger partial charge in [0.25, 0.3) is 0 Å². The molecule has 0 saturated heterocycles. The van der Waals surface area contributed by atoms with Crippen LogP contribution in [0.4, 0.5) is 4.79 Å². The Balaban J connectivity index is 2.21. The number of hydrogen-bond acceptors (Lipinski definition) is 2. The van der Waals surface area contributed by atoms with Gasteiger partial charge < -0.3 is 9.84 Å². The number of halogens is 4. The van der Waals surface area contributed by atoms with E-state index >= 15 is 0 Å². The van der Waals surface area contributed by atoms with E-state index in [9.17, 15) is 4.79 Å². The molecule has 0 heterocycles. The standard InChI is InChI=1S/C14H14Br2Cl2O3/c1-13(2)9(11(13)21-12(19)20)10(15)14(16,18)7-3-5-8(17)6-4-7/h3-6,9-11H,1-2H3,(H,19,20)/t9-,10+,11-,14+/m1/s1. The van der Waals surface area contributed by atoms with Gasteiger partial charge in [-0.15, -0.1) is 11.6 Å². The van der Waals surface area contributed by atoms with E-state index in [0.29, 0.717) is 5.02 Å². The second kappa shape index (κ2) is 5.91. The minimum Gasteiger partial charge on any atom is -0.450 e. The molecule has 1 N–H and O–H groups in total. The van der Waals surface area contributed by atoms with Crippen LogP contribution in [-0.4, -0.2) is 22.2 Å². The van der Waals surface area contributed by atoms with Gasteiger partial charge in [0, 0.05) is 16.4 Å². The van der Waals surface area contributed by atoms with Gasteiger partial charge in [-0.3, -0.25) is 0 Å². The fraction of sp³-hybridized carbons (Fsp3) is 0.500. The fourth-order valence-electron chi connectivity index (χ4n) is 2.55. The summed E-state index contributed by atoms with van der Waals surface area (Å²) in [5.74, 6) is -0.0406. The number of carboxylic acid groups (broad SMARTS) is 1. The summed E-state index contributed by atoms with van der Waals surface area (Å²) < 4.78 is 4.07. The second-order valence-electron chi connectivity index (χ2n) is 5.68. The lowest BCUT2D eigenvalue weighted by Crippen LogP contribution is -2.27. The monoisotopic (exact) mass is 458 g/mol. The summed E-state index contributed by atoms with van der Waals surface area (Å²) in [6.45, 7) is 3.92. The molecular formula is C14H14Br2Cl2O3. The van der Waals surface area contributed by atoms with Crippen molar-refractivity contribution in [2.45, 2.75) is 28.6 Å². The van der Waals surface area contributed by atoms with Crippen molar-refractivity contribution in [3.63, 3.8) is 0 Å². The molecule has 1 aromatic rings. The Kier molecular flexibility index (Phi) is 4.89. The van der Waals surface area contributed by atoms with Crippen LogP contribution in [0.2, 0.25) is 5.02 Å². The van der Waals surface area contributed by atoms with Gasteiger partial charge in [0.15, 0.2) is 0 Å². The zero-order valence-electron chi connectivity index (χ0n) is 11.3. The van der Waals surface area contributed by atoms with Crippen LogP contribution in [0.1, 0.15) is 19.4 Å². The van der Waals surface area contributed by atoms with Gasteiger partial charge in [-0.05, 0) is 17.7 Å².